The molecular weight excluding hydrogens is 617 g/mol. The van der Waals surface area contributed by atoms with Gasteiger partial charge in [-0.3, -0.25) is 9.59 Å². The number of rotatable bonds is 8. The van der Waals surface area contributed by atoms with Crippen LogP contribution in [0.4, 0.5) is 5.69 Å². The first kappa shape index (κ1) is 31.1. The van der Waals surface area contributed by atoms with Crippen LogP contribution in [0.5, 0.6) is 0 Å². The Morgan fingerprint density at radius 2 is 1.32 bits per heavy atom. The largest absolute Gasteiger partial charge is 0.326 e. The summed E-state index contributed by atoms with van der Waals surface area (Å²) in [6, 6.07) is 33.2. The standard InChI is InChI=1S/C41H38N2O2S2/c1-25(2)43(24-39(44)42-40-31-17-10-8-15-29(31)21-30-16-9-11-18-32(30)40)41(45)38-23-36(27(4)47-38)34-20-12-19-33(34)35-22-37(46-26(35)3)28-13-6-5-7-14-28/h5-11,13-18,21-23,25H,12,19-20,24H2,1-4H3,(H,42,44). The summed E-state index contributed by atoms with van der Waals surface area (Å²) >= 11 is 3.39. The van der Waals surface area contributed by atoms with E-state index in [4.69, 9.17) is 0 Å². The lowest BCUT2D eigenvalue weighted by atomic mass is 9.97. The SMILES string of the molecule is Cc1sc(C(=O)N(CC(=O)Nc2c3ccccc3cc3ccccc23)C(C)C)cc1C1=C(c2cc(-c3ccccc3)sc2C)CCC1. The van der Waals surface area contributed by atoms with Crippen LogP contribution in [-0.2, 0) is 4.79 Å². The van der Waals surface area contributed by atoms with Crippen LogP contribution < -0.4 is 5.32 Å². The number of hydrogen-bond acceptors (Lipinski definition) is 4. The van der Waals surface area contributed by atoms with Gasteiger partial charge in [-0.15, -0.1) is 22.7 Å². The Balaban J connectivity index is 1.16. The highest BCUT2D eigenvalue weighted by atomic mass is 32.1. The molecule has 0 saturated heterocycles. The van der Waals surface area contributed by atoms with Gasteiger partial charge in [-0.25, -0.2) is 0 Å². The van der Waals surface area contributed by atoms with E-state index >= 15 is 0 Å². The van der Waals surface area contributed by atoms with Crippen LogP contribution in [0.15, 0.2) is 97.1 Å². The molecule has 1 aliphatic carbocycles. The maximum atomic E-state index is 14.1. The van der Waals surface area contributed by atoms with Crippen molar-refractivity contribution in [3.05, 3.63) is 123 Å². The zero-order valence-electron chi connectivity index (χ0n) is 27.2. The molecule has 1 N–H and O–H groups in total. The maximum Gasteiger partial charge on any atom is 0.264 e. The molecule has 0 spiro atoms. The molecular formula is C41H38N2O2S2. The first-order chi connectivity index (χ1) is 22.8. The first-order valence-electron chi connectivity index (χ1n) is 16.3. The normalized spacial score (nSPS) is 13.2. The van der Waals surface area contributed by atoms with Crippen molar-refractivity contribution in [2.24, 2.45) is 0 Å². The van der Waals surface area contributed by atoms with Crippen molar-refractivity contribution in [1.29, 1.82) is 0 Å². The maximum absolute atomic E-state index is 14.1. The molecule has 0 atom stereocenters. The average Bonchev–Trinajstić information content (AvgIpc) is 3.81. The number of anilines is 1. The van der Waals surface area contributed by atoms with E-state index in [0.29, 0.717) is 4.88 Å². The fourth-order valence-electron chi connectivity index (χ4n) is 6.86. The van der Waals surface area contributed by atoms with Crippen molar-refractivity contribution < 1.29 is 9.59 Å². The minimum Gasteiger partial charge on any atom is -0.326 e. The third-order valence-corrected chi connectivity index (χ3v) is 11.3. The fraction of sp³-hybridized carbons (Fsp3) is 0.220. The van der Waals surface area contributed by atoms with Crippen LogP contribution in [0, 0.1) is 13.8 Å². The summed E-state index contributed by atoms with van der Waals surface area (Å²) in [5.74, 6) is -0.305. The van der Waals surface area contributed by atoms with Gasteiger partial charge in [0.15, 0.2) is 0 Å². The van der Waals surface area contributed by atoms with Crippen molar-refractivity contribution in [3.8, 4) is 10.4 Å². The Labute approximate surface area is 284 Å². The number of nitrogens with one attached hydrogen (secondary N) is 1. The van der Waals surface area contributed by atoms with Gasteiger partial charge in [0, 0.05) is 31.4 Å². The highest BCUT2D eigenvalue weighted by Crippen LogP contribution is 2.46. The van der Waals surface area contributed by atoms with Crippen LogP contribution in [0.25, 0.3) is 43.1 Å². The van der Waals surface area contributed by atoms with Crippen LogP contribution in [0.1, 0.15) is 63.7 Å². The Bertz CT molecular complexity index is 2120. The van der Waals surface area contributed by atoms with E-state index in [1.54, 1.807) is 4.90 Å². The van der Waals surface area contributed by atoms with Crippen LogP contribution >= 0.6 is 22.7 Å². The average molecular weight is 655 g/mol. The molecule has 1 aliphatic rings. The molecule has 0 saturated carbocycles. The molecule has 6 aromatic rings. The molecule has 0 bridgehead atoms. The van der Waals surface area contributed by atoms with Gasteiger partial charge in [-0.05, 0) is 104 Å². The van der Waals surface area contributed by atoms with Gasteiger partial charge in [-0.2, -0.15) is 0 Å². The predicted molar refractivity (Wildman–Crippen MR) is 200 cm³/mol. The predicted octanol–water partition coefficient (Wildman–Crippen LogP) is 11.0. The van der Waals surface area contributed by atoms with Gasteiger partial charge < -0.3 is 10.2 Å². The lowest BCUT2D eigenvalue weighted by Crippen LogP contribution is -2.42. The molecule has 0 unspecified atom stereocenters. The summed E-state index contributed by atoms with van der Waals surface area (Å²) in [5, 5.41) is 7.28. The topological polar surface area (TPSA) is 49.4 Å². The quantitative estimate of drug-likeness (QED) is 0.166. The Kier molecular flexibility index (Phi) is 8.56. The number of thiophene rings is 2. The molecule has 0 radical (unpaired) electrons. The first-order valence-corrected chi connectivity index (χ1v) is 17.9. The number of nitrogens with zero attached hydrogens (tertiary/aromatic N) is 1. The summed E-state index contributed by atoms with van der Waals surface area (Å²) < 4.78 is 0. The lowest BCUT2D eigenvalue weighted by molar-refractivity contribution is -0.117. The van der Waals surface area contributed by atoms with Crippen molar-refractivity contribution in [1.82, 2.24) is 4.90 Å². The Hall–Kier alpha value is -4.52. The Morgan fingerprint density at radius 1 is 0.745 bits per heavy atom. The van der Waals surface area contributed by atoms with Gasteiger partial charge in [-0.1, -0.05) is 78.9 Å². The molecule has 0 fully saturated rings. The molecule has 236 valence electrons. The van der Waals surface area contributed by atoms with E-state index in [1.165, 1.54) is 48.9 Å². The number of hydrogen-bond donors (Lipinski definition) is 1. The van der Waals surface area contributed by atoms with Crippen molar-refractivity contribution in [2.75, 3.05) is 11.9 Å². The highest BCUT2D eigenvalue weighted by molar-refractivity contribution is 7.15. The third-order valence-electron chi connectivity index (χ3n) is 9.21. The van der Waals surface area contributed by atoms with Crippen LogP contribution in [0.2, 0.25) is 0 Å². The second-order valence-corrected chi connectivity index (χ2v) is 15.1. The van der Waals surface area contributed by atoms with Gasteiger partial charge in [0.2, 0.25) is 5.91 Å². The molecule has 0 aliphatic heterocycles. The summed E-state index contributed by atoms with van der Waals surface area (Å²) in [6.45, 7) is 8.26. The van der Waals surface area contributed by atoms with Crippen molar-refractivity contribution in [2.45, 2.75) is 53.0 Å². The molecule has 2 heterocycles. The third kappa shape index (κ3) is 6.04. The van der Waals surface area contributed by atoms with Crippen LogP contribution in [-0.4, -0.2) is 29.3 Å². The number of carbonyl (C=O) groups excluding carboxylic acids is 2. The zero-order valence-corrected chi connectivity index (χ0v) is 28.9. The van der Waals surface area contributed by atoms with E-state index in [-0.39, 0.29) is 24.4 Å². The second-order valence-electron chi connectivity index (χ2n) is 12.6. The van der Waals surface area contributed by atoms with E-state index < -0.39 is 0 Å². The minimum absolute atomic E-state index is 0.0232. The van der Waals surface area contributed by atoms with Gasteiger partial charge in [0.25, 0.3) is 5.91 Å². The molecule has 6 heteroatoms. The van der Waals surface area contributed by atoms with Gasteiger partial charge in [0.1, 0.15) is 6.54 Å². The van der Waals surface area contributed by atoms with E-state index in [9.17, 15) is 9.59 Å². The van der Waals surface area contributed by atoms with E-state index in [1.807, 2.05) is 61.6 Å². The summed E-state index contributed by atoms with van der Waals surface area (Å²) in [4.78, 5) is 33.9. The van der Waals surface area contributed by atoms with E-state index in [0.717, 1.165) is 51.4 Å². The monoisotopic (exact) mass is 654 g/mol. The molecule has 4 aromatic carbocycles. The van der Waals surface area contributed by atoms with Crippen LogP contribution in [0.3, 0.4) is 0 Å². The summed E-state index contributed by atoms with van der Waals surface area (Å²) in [6.07, 6.45) is 3.16. The number of amides is 2. The smallest absolute Gasteiger partial charge is 0.264 e. The number of carbonyl (C=O) groups is 2. The van der Waals surface area contributed by atoms with Crippen molar-refractivity contribution in [3.63, 3.8) is 0 Å². The Morgan fingerprint density at radius 3 is 1.96 bits per heavy atom. The van der Waals surface area contributed by atoms with E-state index in [2.05, 4.69) is 79.8 Å². The summed E-state index contributed by atoms with van der Waals surface area (Å²) in [7, 11) is 0. The molecule has 2 amide bonds. The van der Waals surface area contributed by atoms with Gasteiger partial charge >= 0.3 is 0 Å². The number of aryl methyl sites for hydroxylation is 2. The number of fused-ring (bicyclic) bond motifs is 2. The summed E-state index contributed by atoms with van der Waals surface area (Å²) in [5.41, 5.74) is 7.31. The second kappa shape index (κ2) is 12.9. The molecule has 2 aromatic heterocycles. The lowest BCUT2D eigenvalue weighted by Gasteiger charge is -2.26. The molecule has 7 rings (SSSR count). The number of benzene rings is 4. The molecule has 47 heavy (non-hydrogen) atoms. The molecule has 4 nitrogen and oxygen atoms in total. The zero-order chi connectivity index (χ0) is 32.7. The fourth-order valence-corrected chi connectivity index (χ4v) is 8.92. The highest BCUT2D eigenvalue weighted by Gasteiger charge is 2.28. The number of allylic oxidation sites excluding steroid dienone is 2. The van der Waals surface area contributed by atoms with Gasteiger partial charge in [0.05, 0.1) is 10.6 Å². The van der Waals surface area contributed by atoms with Crippen molar-refractivity contribution >= 4 is 72.9 Å². The minimum atomic E-state index is -0.204.